The summed E-state index contributed by atoms with van der Waals surface area (Å²) in [6, 6.07) is 0.152. The molecule has 1 saturated carbocycles. The van der Waals surface area contributed by atoms with Gasteiger partial charge in [-0.1, -0.05) is 0 Å². The van der Waals surface area contributed by atoms with E-state index in [-0.39, 0.29) is 29.0 Å². The number of rotatable bonds is 8. The first-order chi connectivity index (χ1) is 15.0. The minimum absolute atomic E-state index is 0.0270. The smallest absolute Gasteiger partial charge is 0.263 e. The van der Waals surface area contributed by atoms with Crippen molar-refractivity contribution in [1.82, 2.24) is 24.6 Å². The highest BCUT2D eigenvalue weighted by atomic mass is 16.5. The normalized spacial score (nSPS) is 15.6. The van der Waals surface area contributed by atoms with E-state index in [1.165, 1.54) is 0 Å². The number of methoxy groups -OCH3 is 1. The van der Waals surface area contributed by atoms with E-state index in [1.807, 2.05) is 19.4 Å². The van der Waals surface area contributed by atoms with Crippen molar-refractivity contribution in [2.75, 3.05) is 26.8 Å². The Morgan fingerprint density at radius 3 is 2.77 bits per heavy atom. The fourth-order valence-electron chi connectivity index (χ4n) is 4.10. The van der Waals surface area contributed by atoms with E-state index in [0.717, 1.165) is 29.5 Å². The monoisotopic (exact) mass is 427 g/mol. The zero-order valence-electron chi connectivity index (χ0n) is 18.1. The first-order valence-corrected chi connectivity index (χ1v) is 10.8. The van der Waals surface area contributed by atoms with Crippen LogP contribution in [0.2, 0.25) is 0 Å². The van der Waals surface area contributed by atoms with Gasteiger partial charge in [-0.3, -0.25) is 19.1 Å². The molecule has 1 fully saturated rings. The van der Waals surface area contributed by atoms with E-state index in [2.05, 4.69) is 10.4 Å². The van der Waals surface area contributed by atoms with E-state index < -0.39 is 0 Å². The maximum absolute atomic E-state index is 13.1. The van der Waals surface area contributed by atoms with Gasteiger partial charge in [-0.15, -0.1) is 0 Å². The Kier molecular flexibility index (Phi) is 6.22. The molecule has 0 atom stereocenters. The summed E-state index contributed by atoms with van der Waals surface area (Å²) >= 11 is 0. The largest absolute Gasteiger partial charge is 0.384 e. The molecular formula is C22H29N5O4. The average Bonchev–Trinajstić information content (AvgIpc) is 3.52. The van der Waals surface area contributed by atoms with Crippen LogP contribution in [0.1, 0.15) is 52.4 Å². The third-order valence-electron chi connectivity index (χ3n) is 5.92. The van der Waals surface area contributed by atoms with Crippen LogP contribution < -0.4 is 10.9 Å². The summed E-state index contributed by atoms with van der Waals surface area (Å²) in [5.74, 6) is -0.307. The van der Waals surface area contributed by atoms with Crippen molar-refractivity contribution in [3.63, 3.8) is 0 Å². The molecule has 1 aliphatic heterocycles. The molecule has 31 heavy (non-hydrogen) atoms. The first kappa shape index (κ1) is 21.3. The molecule has 0 saturated heterocycles. The van der Waals surface area contributed by atoms with Gasteiger partial charge in [0.2, 0.25) is 5.91 Å². The molecular weight excluding hydrogens is 398 g/mol. The third-order valence-corrected chi connectivity index (χ3v) is 5.92. The van der Waals surface area contributed by atoms with Gasteiger partial charge in [0.15, 0.2) is 0 Å². The van der Waals surface area contributed by atoms with Crippen molar-refractivity contribution >= 4 is 11.8 Å². The quantitative estimate of drug-likeness (QED) is 0.672. The zero-order valence-corrected chi connectivity index (χ0v) is 18.1. The van der Waals surface area contributed by atoms with E-state index in [4.69, 9.17) is 4.74 Å². The minimum Gasteiger partial charge on any atom is -0.384 e. The number of hydrogen-bond acceptors (Lipinski definition) is 5. The summed E-state index contributed by atoms with van der Waals surface area (Å²) in [6.45, 7) is 1.73. The molecule has 1 aliphatic carbocycles. The molecule has 2 aromatic rings. The highest BCUT2D eigenvalue weighted by Gasteiger charge is 2.32. The predicted octanol–water partition coefficient (Wildman–Crippen LogP) is 0.810. The fourth-order valence-corrected chi connectivity index (χ4v) is 4.10. The van der Waals surface area contributed by atoms with Crippen molar-refractivity contribution in [2.24, 2.45) is 7.05 Å². The number of nitrogens with one attached hydrogen (secondary N) is 1. The molecule has 166 valence electrons. The van der Waals surface area contributed by atoms with Crippen LogP contribution in [0.3, 0.4) is 0 Å². The SMILES string of the molecule is COCCC(=O)N1CCc2c(cn(C3CC3)c(=O)c2C(=O)NCCc2cnn(C)c2)C1. The Balaban J connectivity index is 1.54. The summed E-state index contributed by atoms with van der Waals surface area (Å²) in [5, 5.41) is 7.04. The van der Waals surface area contributed by atoms with E-state index in [9.17, 15) is 14.4 Å². The van der Waals surface area contributed by atoms with Gasteiger partial charge in [0.25, 0.3) is 11.5 Å². The van der Waals surface area contributed by atoms with Gasteiger partial charge in [-0.05, 0) is 42.4 Å². The maximum Gasteiger partial charge on any atom is 0.263 e. The molecule has 2 aliphatic rings. The molecule has 3 heterocycles. The number of carbonyl (C=O) groups is 2. The van der Waals surface area contributed by atoms with Gasteiger partial charge in [-0.2, -0.15) is 5.10 Å². The lowest BCUT2D eigenvalue weighted by Crippen LogP contribution is -2.41. The Labute approximate surface area is 181 Å². The summed E-state index contributed by atoms with van der Waals surface area (Å²) in [4.78, 5) is 40.4. The number of ether oxygens (including phenoxy) is 1. The van der Waals surface area contributed by atoms with E-state index in [0.29, 0.717) is 45.5 Å². The Bertz CT molecular complexity index is 1040. The molecule has 2 amide bonds. The molecule has 0 spiro atoms. The predicted molar refractivity (Wildman–Crippen MR) is 114 cm³/mol. The molecule has 2 aromatic heterocycles. The lowest BCUT2D eigenvalue weighted by molar-refractivity contribution is -0.133. The number of pyridine rings is 1. The van der Waals surface area contributed by atoms with Gasteiger partial charge in [0.05, 0.1) is 19.2 Å². The summed E-state index contributed by atoms with van der Waals surface area (Å²) in [6.07, 6.45) is 8.90. The number of nitrogens with zero attached hydrogens (tertiary/aromatic N) is 4. The Morgan fingerprint density at radius 2 is 2.10 bits per heavy atom. The van der Waals surface area contributed by atoms with Gasteiger partial charge < -0.3 is 19.5 Å². The number of fused-ring (bicyclic) bond motifs is 1. The van der Waals surface area contributed by atoms with Crippen LogP contribution in [0.15, 0.2) is 23.4 Å². The molecule has 0 bridgehead atoms. The number of carbonyl (C=O) groups excluding carboxylic acids is 2. The van der Waals surface area contributed by atoms with Crippen LogP contribution in [0.4, 0.5) is 0 Å². The molecule has 1 N–H and O–H groups in total. The minimum atomic E-state index is -0.334. The Morgan fingerprint density at radius 1 is 1.29 bits per heavy atom. The van der Waals surface area contributed by atoms with E-state index in [1.54, 1.807) is 27.5 Å². The first-order valence-electron chi connectivity index (χ1n) is 10.8. The van der Waals surface area contributed by atoms with Crippen LogP contribution in [-0.4, -0.2) is 57.9 Å². The van der Waals surface area contributed by atoms with Crippen LogP contribution in [0.25, 0.3) is 0 Å². The van der Waals surface area contributed by atoms with Gasteiger partial charge >= 0.3 is 0 Å². The van der Waals surface area contributed by atoms with Crippen LogP contribution in [0, 0.1) is 0 Å². The third kappa shape index (κ3) is 4.71. The molecule has 9 nitrogen and oxygen atoms in total. The van der Waals surface area contributed by atoms with Crippen molar-refractivity contribution in [3.05, 3.63) is 51.2 Å². The highest BCUT2D eigenvalue weighted by molar-refractivity contribution is 5.95. The fraction of sp³-hybridized carbons (Fsp3) is 0.545. The maximum atomic E-state index is 13.1. The standard InChI is InChI=1S/C22H29N5O4/c1-25-12-15(11-24-25)5-8-23-21(29)20-18-6-9-26(19(28)7-10-31-2)13-16(18)14-27(22(20)30)17-3-4-17/h11-12,14,17H,3-10,13H2,1-2H3,(H,23,29). The van der Waals surface area contributed by atoms with Crippen LogP contribution in [0.5, 0.6) is 0 Å². The summed E-state index contributed by atoms with van der Waals surface area (Å²) in [7, 11) is 3.42. The van der Waals surface area contributed by atoms with Crippen LogP contribution in [-0.2, 0) is 36.0 Å². The number of amides is 2. The van der Waals surface area contributed by atoms with Gasteiger partial charge in [0, 0.05) is 52.2 Å². The number of aromatic nitrogens is 3. The summed E-state index contributed by atoms with van der Waals surface area (Å²) < 4.78 is 8.43. The highest BCUT2D eigenvalue weighted by Crippen LogP contribution is 2.34. The topological polar surface area (TPSA) is 98.5 Å². The van der Waals surface area contributed by atoms with Crippen molar-refractivity contribution < 1.29 is 14.3 Å². The van der Waals surface area contributed by atoms with Gasteiger partial charge in [0.1, 0.15) is 5.56 Å². The molecule has 0 unspecified atom stereocenters. The second-order valence-electron chi connectivity index (χ2n) is 8.29. The van der Waals surface area contributed by atoms with Crippen LogP contribution >= 0.6 is 0 Å². The number of hydrogen-bond donors (Lipinski definition) is 1. The second kappa shape index (κ2) is 9.05. The lowest BCUT2D eigenvalue weighted by atomic mass is 9.95. The number of aryl methyl sites for hydroxylation is 1. The molecule has 9 heteroatoms. The molecule has 0 aromatic carbocycles. The van der Waals surface area contributed by atoms with Gasteiger partial charge in [-0.25, -0.2) is 0 Å². The van der Waals surface area contributed by atoms with E-state index >= 15 is 0 Å². The van der Waals surface area contributed by atoms with Crippen molar-refractivity contribution in [1.29, 1.82) is 0 Å². The van der Waals surface area contributed by atoms with Crippen molar-refractivity contribution in [3.8, 4) is 0 Å². The molecule has 4 rings (SSSR count). The lowest BCUT2D eigenvalue weighted by Gasteiger charge is -2.30. The average molecular weight is 428 g/mol. The van der Waals surface area contributed by atoms with Crippen molar-refractivity contribution in [2.45, 2.75) is 44.7 Å². The summed E-state index contributed by atoms with van der Waals surface area (Å²) in [5.41, 5.74) is 2.70. The zero-order chi connectivity index (χ0) is 22.0. The Hall–Kier alpha value is -2.94. The molecule has 0 radical (unpaired) electrons. The second-order valence-corrected chi connectivity index (χ2v) is 8.29.